The molecule has 2 unspecified atom stereocenters. The maximum Gasteiger partial charge on any atom is 0.267 e. The molecule has 2 aromatic rings. The van der Waals surface area contributed by atoms with Gasteiger partial charge in [-0.25, -0.2) is 8.93 Å². The number of carbonyl (C=O) groups excluding carboxylic acids is 1. The van der Waals surface area contributed by atoms with Crippen LogP contribution in [0, 0.1) is 0 Å². The van der Waals surface area contributed by atoms with Gasteiger partial charge in [0.15, 0.2) is 0 Å². The van der Waals surface area contributed by atoms with Crippen LogP contribution in [0.25, 0.3) is 10.9 Å². The summed E-state index contributed by atoms with van der Waals surface area (Å²) < 4.78 is 13.7. The first-order valence-electron chi connectivity index (χ1n) is 7.62. The van der Waals surface area contributed by atoms with Gasteiger partial charge in [0.1, 0.15) is 5.69 Å². The van der Waals surface area contributed by atoms with Crippen molar-refractivity contribution in [1.29, 1.82) is 0 Å². The van der Waals surface area contributed by atoms with Crippen LogP contribution in [0.1, 0.15) is 37.7 Å². The molecule has 23 heavy (non-hydrogen) atoms. The summed E-state index contributed by atoms with van der Waals surface area (Å²) in [7, 11) is -1.02. The van der Waals surface area contributed by atoms with Crippen molar-refractivity contribution < 1.29 is 9.00 Å². The third-order valence-corrected chi connectivity index (χ3v) is 3.93. The molecule has 0 spiro atoms. The molecule has 0 bridgehead atoms. The summed E-state index contributed by atoms with van der Waals surface area (Å²) >= 11 is 5.93. The molecule has 3 N–H and O–H groups in total. The zero-order chi connectivity index (χ0) is 17.4. The Hall–Kier alpha value is -1.37. The molecule has 1 amide bonds. The summed E-state index contributed by atoms with van der Waals surface area (Å²) in [4.78, 5) is 15.2. The molecular weight excluding hydrogens is 334 g/mol. The minimum absolute atomic E-state index is 0.0106. The number of rotatable bonds is 6. The number of H-pyrrole nitrogens is 1. The number of aromatic amines is 1. The Labute approximate surface area is 144 Å². The van der Waals surface area contributed by atoms with Crippen LogP contribution in [0.4, 0.5) is 0 Å². The van der Waals surface area contributed by atoms with Gasteiger partial charge >= 0.3 is 0 Å². The molecule has 1 aromatic heterocycles. The largest absolute Gasteiger partial charge is 0.351 e. The number of halogens is 1. The van der Waals surface area contributed by atoms with E-state index in [-0.39, 0.29) is 11.9 Å². The summed E-state index contributed by atoms with van der Waals surface area (Å²) in [6.07, 6.45) is 2.29. The second-order valence-corrected chi connectivity index (χ2v) is 6.56. The second-order valence-electron chi connectivity index (χ2n) is 4.93. The average Bonchev–Trinajstić information content (AvgIpc) is 2.92. The van der Waals surface area contributed by atoms with Crippen molar-refractivity contribution in [2.45, 2.75) is 33.2 Å². The van der Waals surface area contributed by atoms with Gasteiger partial charge in [-0.15, -0.1) is 0 Å². The van der Waals surface area contributed by atoms with Gasteiger partial charge in [-0.3, -0.25) is 4.79 Å². The van der Waals surface area contributed by atoms with Crippen LogP contribution >= 0.6 is 11.6 Å². The lowest BCUT2D eigenvalue weighted by Gasteiger charge is -2.12. The second kappa shape index (κ2) is 9.70. The van der Waals surface area contributed by atoms with E-state index in [1.165, 1.54) is 0 Å². The predicted molar refractivity (Wildman–Crippen MR) is 98.3 cm³/mol. The fourth-order valence-corrected chi connectivity index (χ4v) is 2.60. The first-order chi connectivity index (χ1) is 11.0. The maximum atomic E-state index is 12.2. The van der Waals surface area contributed by atoms with Gasteiger partial charge in [-0.1, -0.05) is 25.4 Å². The molecule has 0 saturated carbocycles. The molecule has 0 fully saturated rings. The normalized spacial score (nSPS) is 13.1. The fraction of sp³-hybridized carbons (Fsp3) is 0.438. The van der Waals surface area contributed by atoms with Gasteiger partial charge in [0.2, 0.25) is 0 Å². The zero-order valence-corrected chi connectivity index (χ0v) is 15.5. The number of carbonyl (C=O) groups is 1. The molecule has 0 saturated heterocycles. The monoisotopic (exact) mass is 357 g/mol. The van der Waals surface area contributed by atoms with E-state index >= 15 is 0 Å². The molecule has 1 aromatic carbocycles. The molecule has 1 heterocycles. The van der Waals surface area contributed by atoms with Crippen molar-refractivity contribution in [2.24, 2.45) is 0 Å². The van der Waals surface area contributed by atoms with Gasteiger partial charge in [0.05, 0.1) is 11.0 Å². The topological polar surface area (TPSA) is 74.0 Å². The highest BCUT2D eigenvalue weighted by molar-refractivity contribution is 7.82. The third-order valence-electron chi connectivity index (χ3n) is 3.09. The highest BCUT2D eigenvalue weighted by atomic mass is 35.5. The Morgan fingerprint density at radius 3 is 2.70 bits per heavy atom. The van der Waals surface area contributed by atoms with Crippen LogP contribution in [0.15, 0.2) is 24.3 Å². The number of aromatic nitrogens is 1. The van der Waals surface area contributed by atoms with Crippen molar-refractivity contribution in [2.75, 3.05) is 12.8 Å². The summed E-state index contributed by atoms with van der Waals surface area (Å²) in [5.41, 5.74) is 1.38. The maximum absolute atomic E-state index is 12.2. The van der Waals surface area contributed by atoms with E-state index in [1.54, 1.807) is 18.4 Å². The summed E-state index contributed by atoms with van der Waals surface area (Å²) in [5, 5.41) is 4.45. The number of benzene rings is 1. The van der Waals surface area contributed by atoms with E-state index in [4.69, 9.17) is 11.6 Å². The summed E-state index contributed by atoms with van der Waals surface area (Å²) in [6, 6.07) is 7.21. The Balaban J connectivity index is 0.00000127. The minimum Gasteiger partial charge on any atom is -0.351 e. The van der Waals surface area contributed by atoms with Crippen LogP contribution in [0.3, 0.4) is 0 Å². The van der Waals surface area contributed by atoms with E-state index < -0.39 is 11.0 Å². The Kier molecular flexibility index (Phi) is 8.30. The number of fused-ring (bicyclic) bond motifs is 1. The lowest BCUT2D eigenvalue weighted by Crippen LogP contribution is -2.35. The van der Waals surface area contributed by atoms with E-state index in [0.717, 1.165) is 10.9 Å². The molecule has 128 valence electrons. The van der Waals surface area contributed by atoms with Crippen molar-refractivity contribution in [3.63, 3.8) is 0 Å². The van der Waals surface area contributed by atoms with Crippen LogP contribution in [0.2, 0.25) is 5.02 Å². The average molecular weight is 358 g/mol. The summed E-state index contributed by atoms with van der Waals surface area (Å²) in [5.74, 6) is -0.160. The Morgan fingerprint density at radius 2 is 2.04 bits per heavy atom. The number of hydrogen-bond acceptors (Lipinski definition) is 2. The van der Waals surface area contributed by atoms with Crippen molar-refractivity contribution in [3.05, 3.63) is 35.0 Å². The lowest BCUT2D eigenvalue weighted by atomic mass is 10.2. The quantitative estimate of drug-likeness (QED) is 0.742. The number of hydrogen-bond donors (Lipinski definition) is 3. The van der Waals surface area contributed by atoms with Crippen LogP contribution in [0.5, 0.6) is 0 Å². The van der Waals surface area contributed by atoms with E-state index in [2.05, 4.69) is 15.0 Å². The van der Waals surface area contributed by atoms with Crippen LogP contribution in [-0.2, 0) is 11.0 Å². The predicted octanol–water partition coefficient (Wildman–Crippen LogP) is 3.24. The van der Waals surface area contributed by atoms with E-state index in [0.29, 0.717) is 23.7 Å². The highest BCUT2D eigenvalue weighted by Crippen LogP contribution is 2.20. The highest BCUT2D eigenvalue weighted by Gasteiger charge is 2.12. The van der Waals surface area contributed by atoms with Crippen molar-refractivity contribution in [1.82, 2.24) is 15.0 Å². The van der Waals surface area contributed by atoms with Crippen LogP contribution < -0.4 is 10.0 Å². The first-order valence-corrected chi connectivity index (χ1v) is 9.55. The minimum atomic E-state index is -1.02. The number of amides is 1. The molecule has 0 aliphatic heterocycles. The SMILES string of the molecule is CC.CC(CCNS(C)=O)NC(=O)c1cc2cc(Cl)ccc2[nH]1. The molecule has 7 heteroatoms. The fourth-order valence-electron chi connectivity index (χ4n) is 2.02. The van der Waals surface area contributed by atoms with Crippen molar-refractivity contribution >= 4 is 39.4 Å². The smallest absolute Gasteiger partial charge is 0.267 e. The van der Waals surface area contributed by atoms with Gasteiger partial charge < -0.3 is 10.3 Å². The number of nitrogens with one attached hydrogen (secondary N) is 3. The van der Waals surface area contributed by atoms with Gasteiger partial charge in [0, 0.05) is 34.8 Å². The van der Waals surface area contributed by atoms with E-state index in [9.17, 15) is 9.00 Å². The van der Waals surface area contributed by atoms with Gasteiger partial charge in [-0.05, 0) is 37.6 Å². The molecule has 2 rings (SSSR count). The third kappa shape index (κ3) is 6.33. The molecule has 2 atom stereocenters. The molecule has 5 nitrogen and oxygen atoms in total. The summed E-state index contributed by atoms with van der Waals surface area (Å²) in [6.45, 7) is 6.50. The Bertz CT molecular complexity index is 672. The van der Waals surface area contributed by atoms with Gasteiger partial charge in [0.25, 0.3) is 5.91 Å². The molecule has 0 aliphatic carbocycles. The molecule has 0 aliphatic rings. The molecule has 0 radical (unpaired) electrons. The molecular formula is C16H24ClN3O2S. The van der Waals surface area contributed by atoms with Gasteiger partial charge in [-0.2, -0.15) is 0 Å². The zero-order valence-electron chi connectivity index (χ0n) is 13.9. The Morgan fingerprint density at radius 1 is 1.35 bits per heavy atom. The van der Waals surface area contributed by atoms with E-state index in [1.807, 2.05) is 32.9 Å². The van der Waals surface area contributed by atoms with Crippen LogP contribution in [-0.4, -0.2) is 33.9 Å². The lowest BCUT2D eigenvalue weighted by molar-refractivity contribution is 0.0934. The standard InChI is InChI=1S/C14H18ClN3O2S.C2H6/c1-9(5-6-16-21(2)20)17-14(19)13-8-10-7-11(15)3-4-12(10)18-13;1-2/h3-4,7-9,16,18H,5-6H2,1-2H3,(H,17,19);1-2H3. The first kappa shape index (κ1) is 19.7. The van der Waals surface area contributed by atoms with Crippen molar-refractivity contribution in [3.8, 4) is 0 Å².